The van der Waals surface area contributed by atoms with Gasteiger partial charge in [-0.3, -0.25) is 0 Å². The summed E-state index contributed by atoms with van der Waals surface area (Å²) in [5.41, 5.74) is 0.882. The summed E-state index contributed by atoms with van der Waals surface area (Å²) in [7, 11) is 0. The molecule has 1 heterocycles. The van der Waals surface area contributed by atoms with Gasteiger partial charge < -0.3 is 10.4 Å². The zero-order chi connectivity index (χ0) is 12.0. The minimum absolute atomic E-state index is 0.0624. The Morgan fingerprint density at radius 3 is 2.56 bits per heavy atom. The summed E-state index contributed by atoms with van der Waals surface area (Å²) in [6.07, 6.45) is 3.63. The Morgan fingerprint density at radius 1 is 1.38 bits per heavy atom. The van der Waals surface area contributed by atoms with Crippen LogP contribution in [0.3, 0.4) is 0 Å². The van der Waals surface area contributed by atoms with Gasteiger partial charge in [0.25, 0.3) is 0 Å². The molecule has 4 heteroatoms. The zero-order valence-corrected chi connectivity index (χ0v) is 10.3. The van der Waals surface area contributed by atoms with Crippen LogP contribution in [0, 0.1) is 12.3 Å². The first-order valence-electron chi connectivity index (χ1n) is 5.80. The maximum absolute atomic E-state index is 9.43. The summed E-state index contributed by atoms with van der Waals surface area (Å²) in [5.74, 6) is 0.639. The van der Waals surface area contributed by atoms with Crippen molar-refractivity contribution in [2.75, 3.05) is 18.5 Å². The number of anilines is 1. The number of aryl methyl sites for hydroxylation is 1. The standard InChI is InChI=1S/C12H21N3O/c1-4-12(5-2,9-16)8-14-11-13-7-6-10(3)15-11/h6-7,16H,4-5,8-9H2,1-3H3,(H,13,14,15). The molecule has 16 heavy (non-hydrogen) atoms. The molecule has 0 aromatic carbocycles. The van der Waals surface area contributed by atoms with E-state index in [9.17, 15) is 5.11 Å². The van der Waals surface area contributed by atoms with E-state index < -0.39 is 0 Å². The lowest BCUT2D eigenvalue weighted by atomic mass is 9.83. The summed E-state index contributed by atoms with van der Waals surface area (Å²) in [4.78, 5) is 8.42. The number of nitrogens with zero attached hydrogens (tertiary/aromatic N) is 2. The third-order valence-electron chi connectivity index (χ3n) is 3.25. The molecule has 0 saturated carbocycles. The molecule has 0 unspecified atom stereocenters. The van der Waals surface area contributed by atoms with Gasteiger partial charge in [-0.25, -0.2) is 9.97 Å². The van der Waals surface area contributed by atoms with E-state index >= 15 is 0 Å². The van der Waals surface area contributed by atoms with E-state index in [0.717, 1.165) is 18.5 Å². The number of nitrogens with one attached hydrogen (secondary N) is 1. The zero-order valence-electron chi connectivity index (χ0n) is 10.3. The van der Waals surface area contributed by atoms with Crippen molar-refractivity contribution in [3.8, 4) is 0 Å². The molecular formula is C12H21N3O. The smallest absolute Gasteiger partial charge is 0.222 e. The molecule has 1 aromatic heterocycles. The van der Waals surface area contributed by atoms with Crippen LogP contribution in [0.5, 0.6) is 0 Å². The Kier molecular flexibility index (Phi) is 4.68. The average molecular weight is 223 g/mol. The average Bonchev–Trinajstić information content (AvgIpc) is 2.32. The Hall–Kier alpha value is -1.16. The van der Waals surface area contributed by atoms with Crippen LogP contribution in [-0.4, -0.2) is 28.2 Å². The molecule has 0 aliphatic heterocycles. The highest BCUT2D eigenvalue weighted by molar-refractivity contribution is 5.25. The Morgan fingerprint density at radius 2 is 2.06 bits per heavy atom. The molecular weight excluding hydrogens is 202 g/mol. The maximum Gasteiger partial charge on any atom is 0.222 e. The Labute approximate surface area is 97.1 Å². The largest absolute Gasteiger partial charge is 0.396 e. The lowest BCUT2D eigenvalue weighted by Gasteiger charge is -2.29. The lowest BCUT2D eigenvalue weighted by molar-refractivity contribution is 0.127. The first-order chi connectivity index (χ1) is 7.65. The highest BCUT2D eigenvalue weighted by Gasteiger charge is 2.25. The van der Waals surface area contributed by atoms with Gasteiger partial charge in [0.1, 0.15) is 0 Å². The van der Waals surface area contributed by atoms with E-state index in [4.69, 9.17) is 0 Å². The Bertz CT molecular complexity index is 316. The SMILES string of the molecule is CCC(CC)(CO)CNc1nccc(C)n1. The molecule has 0 aliphatic rings. The molecule has 90 valence electrons. The number of aromatic nitrogens is 2. The van der Waals surface area contributed by atoms with Crippen LogP contribution in [0.25, 0.3) is 0 Å². The molecule has 0 spiro atoms. The van der Waals surface area contributed by atoms with E-state index in [0.29, 0.717) is 12.5 Å². The molecule has 0 saturated heterocycles. The van der Waals surface area contributed by atoms with Gasteiger partial charge in [0, 0.05) is 23.9 Å². The second-order valence-electron chi connectivity index (χ2n) is 4.24. The number of rotatable bonds is 6. The summed E-state index contributed by atoms with van der Waals surface area (Å²) < 4.78 is 0. The van der Waals surface area contributed by atoms with Crippen molar-refractivity contribution in [3.05, 3.63) is 18.0 Å². The van der Waals surface area contributed by atoms with Gasteiger partial charge in [0.15, 0.2) is 0 Å². The van der Waals surface area contributed by atoms with Gasteiger partial charge in [-0.05, 0) is 25.8 Å². The van der Waals surface area contributed by atoms with Crippen molar-refractivity contribution in [1.29, 1.82) is 0 Å². The van der Waals surface area contributed by atoms with Gasteiger partial charge in [-0.15, -0.1) is 0 Å². The van der Waals surface area contributed by atoms with E-state index in [-0.39, 0.29) is 12.0 Å². The number of aliphatic hydroxyl groups is 1. The fraction of sp³-hybridized carbons (Fsp3) is 0.667. The molecule has 0 aliphatic carbocycles. The molecule has 0 bridgehead atoms. The topological polar surface area (TPSA) is 58.0 Å². The highest BCUT2D eigenvalue weighted by Crippen LogP contribution is 2.25. The minimum atomic E-state index is -0.0624. The van der Waals surface area contributed by atoms with E-state index in [1.54, 1.807) is 6.20 Å². The van der Waals surface area contributed by atoms with Crippen LogP contribution < -0.4 is 5.32 Å². The number of hydrogen-bond donors (Lipinski definition) is 2. The van der Waals surface area contributed by atoms with Crippen molar-refractivity contribution in [2.45, 2.75) is 33.6 Å². The molecule has 0 amide bonds. The van der Waals surface area contributed by atoms with E-state index in [1.807, 2.05) is 13.0 Å². The highest BCUT2D eigenvalue weighted by atomic mass is 16.3. The monoisotopic (exact) mass is 223 g/mol. The summed E-state index contributed by atoms with van der Waals surface area (Å²) in [6.45, 7) is 7.03. The van der Waals surface area contributed by atoms with Crippen LogP contribution >= 0.6 is 0 Å². The molecule has 0 atom stereocenters. The predicted molar refractivity (Wildman–Crippen MR) is 65.4 cm³/mol. The number of hydrogen-bond acceptors (Lipinski definition) is 4. The molecule has 2 N–H and O–H groups in total. The summed E-state index contributed by atoms with van der Waals surface area (Å²) in [5, 5.41) is 12.6. The van der Waals surface area contributed by atoms with E-state index in [2.05, 4.69) is 29.1 Å². The van der Waals surface area contributed by atoms with Gasteiger partial charge in [-0.1, -0.05) is 13.8 Å². The molecule has 0 fully saturated rings. The van der Waals surface area contributed by atoms with Crippen LogP contribution in [0.15, 0.2) is 12.3 Å². The van der Waals surface area contributed by atoms with Gasteiger partial charge in [0.05, 0.1) is 6.61 Å². The van der Waals surface area contributed by atoms with Gasteiger partial charge >= 0.3 is 0 Å². The molecule has 1 rings (SSSR count). The fourth-order valence-electron chi connectivity index (χ4n) is 1.58. The van der Waals surface area contributed by atoms with Gasteiger partial charge in [0.2, 0.25) is 5.95 Å². The number of aliphatic hydroxyl groups excluding tert-OH is 1. The normalized spacial score (nSPS) is 11.5. The predicted octanol–water partition coefficient (Wildman–Crippen LogP) is 2.00. The molecule has 0 radical (unpaired) electrons. The first kappa shape index (κ1) is 12.9. The van der Waals surface area contributed by atoms with Crippen molar-refractivity contribution < 1.29 is 5.11 Å². The van der Waals surface area contributed by atoms with Crippen LogP contribution in [-0.2, 0) is 0 Å². The van der Waals surface area contributed by atoms with Crippen molar-refractivity contribution >= 4 is 5.95 Å². The van der Waals surface area contributed by atoms with Gasteiger partial charge in [-0.2, -0.15) is 0 Å². The Balaban J connectivity index is 2.62. The van der Waals surface area contributed by atoms with Crippen LogP contribution in [0.2, 0.25) is 0 Å². The fourth-order valence-corrected chi connectivity index (χ4v) is 1.58. The minimum Gasteiger partial charge on any atom is -0.396 e. The molecule has 1 aromatic rings. The third kappa shape index (κ3) is 3.17. The van der Waals surface area contributed by atoms with Crippen molar-refractivity contribution in [3.63, 3.8) is 0 Å². The third-order valence-corrected chi connectivity index (χ3v) is 3.25. The van der Waals surface area contributed by atoms with Crippen LogP contribution in [0.4, 0.5) is 5.95 Å². The maximum atomic E-state index is 9.43. The summed E-state index contributed by atoms with van der Waals surface area (Å²) >= 11 is 0. The first-order valence-corrected chi connectivity index (χ1v) is 5.80. The quantitative estimate of drug-likeness (QED) is 0.774. The lowest BCUT2D eigenvalue weighted by Crippen LogP contribution is -2.32. The van der Waals surface area contributed by atoms with Crippen molar-refractivity contribution in [1.82, 2.24) is 9.97 Å². The second kappa shape index (κ2) is 5.80. The summed E-state index contributed by atoms with van der Waals surface area (Å²) in [6, 6.07) is 1.87. The second-order valence-corrected chi connectivity index (χ2v) is 4.24. The van der Waals surface area contributed by atoms with E-state index in [1.165, 1.54) is 0 Å². The molecule has 4 nitrogen and oxygen atoms in total. The van der Waals surface area contributed by atoms with Crippen LogP contribution in [0.1, 0.15) is 32.4 Å². The van der Waals surface area contributed by atoms with Crippen molar-refractivity contribution in [2.24, 2.45) is 5.41 Å².